The van der Waals surface area contributed by atoms with Crippen LogP contribution in [0.15, 0.2) is 36.4 Å². The normalized spacial score (nSPS) is 13.6. The molecule has 0 amide bonds. The van der Waals surface area contributed by atoms with Crippen LogP contribution >= 0.6 is 0 Å². The van der Waals surface area contributed by atoms with Crippen LogP contribution < -0.4 is 9.64 Å². The molecule has 0 aliphatic carbocycles. The van der Waals surface area contributed by atoms with Crippen molar-refractivity contribution < 1.29 is 4.74 Å². The lowest BCUT2D eigenvalue weighted by atomic mass is 9.99. The number of hydrogen-bond donors (Lipinski definition) is 0. The van der Waals surface area contributed by atoms with Crippen molar-refractivity contribution in [3.63, 3.8) is 0 Å². The Morgan fingerprint density at radius 2 is 1.84 bits per heavy atom. The van der Waals surface area contributed by atoms with Crippen molar-refractivity contribution in [2.24, 2.45) is 0 Å². The summed E-state index contributed by atoms with van der Waals surface area (Å²) in [7, 11) is 1.73. The van der Waals surface area contributed by atoms with Crippen molar-refractivity contribution in [2.75, 3.05) is 18.6 Å². The monoisotopic (exact) mass is 335 g/mol. The quantitative estimate of drug-likeness (QED) is 0.737. The number of nitrogens with zero attached hydrogens (tertiary/aromatic N) is 5. The molecule has 0 radical (unpaired) electrons. The average Bonchev–Trinajstić information content (AvgIpc) is 2.99. The molecule has 0 fully saturated rings. The highest BCUT2D eigenvalue weighted by Crippen LogP contribution is 2.29. The molecule has 4 rings (SSSR count). The topological polar surface area (TPSA) is 56.1 Å². The van der Waals surface area contributed by atoms with Crippen molar-refractivity contribution in [1.82, 2.24) is 20.0 Å². The predicted octanol–water partition coefficient (Wildman–Crippen LogP) is 2.85. The Bertz CT molecular complexity index is 901. The number of benzene rings is 1. The number of aryl methyl sites for hydroxylation is 2. The van der Waals surface area contributed by atoms with Crippen LogP contribution in [-0.2, 0) is 13.0 Å². The largest absolute Gasteiger partial charge is 0.496 e. The van der Waals surface area contributed by atoms with Gasteiger partial charge in [0, 0.05) is 24.3 Å². The van der Waals surface area contributed by atoms with E-state index in [1.165, 1.54) is 11.1 Å². The predicted molar refractivity (Wildman–Crippen MR) is 96.4 cm³/mol. The summed E-state index contributed by atoms with van der Waals surface area (Å²) in [6.07, 6.45) is 0.945. The van der Waals surface area contributed by atoms with Crippen molar-refractivity contribution >= 4 is 5.82 Å². The summed E-state index contributed by atoms with van der Waals surface area (Å²) in [4.78, 5) is 2.25. The second kappa shape index (κ2) is 6.20. The van der Waals surface area contributed by atoms with E-state index in [4.69, 9.17) is 4.74 Å². The van der Waals surface area contributed by atoms with Gasteiger partial charge in [-0.25, -0.2) is 4.68 Å². The molecule has 1 aliphatic heterocycles. The van der Waals surface area contributed by atoms with E-state index in [2.05, 4.69) is 26.3 Å². The minimum absolute atomic E-state index is 0.744. The second-order valence-corrected chi connectivity index (χ2v) is 6.36. The SMILES string of the molecule is COc1cccc2c1CCN(c1ccc(-n3nc(C)cc3C)nn1)C2. The van der Waals surface area contributed by atoms with E-state index in [1.54, 1.807) is 7.11 Å². The van der Waals surface area contributed by atoms with Crippen LogP contribution in [0, 0.1) is 13.8 Å². The van der Waals surface area contributed by atoms with Gasteiger partial charge in [0.1, 0.15) is 5.75 Å². The lowest BCUT2D eigenvalue weighted by molar-refractivity contribution is 0.407. The van der Waals surface area contributed by atoms with Crippen LogP contribution in [0.5, 0.6) is 5.75 Å². The van der Waals surface area contributed by atoms with Crippen LogP contribution in [0.3, 0.4) is 0 Å². The maximum atomic E-state index is 5.48. The summed E-state index contributed by atoms with van der Waals surface area (Å²) >= 11 is 0. The summed E-state index contributed by atoms with van der Waals surface area (Å²) in [5.74, 6) is 2.61. The molecule has 0 spiro atoms. The Balaban J connectivity index is 1.58. The molecular formula is C19H21N5O. The third-order valence-electron chi connectivity index (χ3n) is 4.63. The third kappa shape index (κ3) is 2.84. The van der Waals surface area contributed by atoms with Gasteiger partial charge in [0.15, 0.2) is 11.6 Å². The van der Waals surface area contributed by atoms with E-state index in [0.29, 0.717) is 0 Å². The minimum Gasteiger partial charge on any atom is -0.496 e. The van der Waals surface area contributed by atoms with Crippen molar-refractivity contribution in [1.29, 1.82) is 0 Å². The van der Waals surface area contributed by atoms with Crippen molar-refractivity contribution in [3.8, 4) is 11.6 Å². The molecule has 128 valence electrons. The van der Waals surface area contributed by atoms with Gasteiger partial charge in [0.2, 0.25) is 0 Å². The molecule has 1 aromatic carbocycles. The molecule has 0 bridgehead atoms. The maximum absolute atomic E-state index is 5.48. The Morgan fingerprint density at radius 1 is 1.04 bits per heavy atom. The first-order valence-corrected chi connectivity index (χ1v) is 8.43. The van der Waals surface area contributed by atoms with E-state index < -0.39 is 0 Å². The summed E-state index contributed by atoms with van der Waals surface area (Å²) in [6, 6.07) is 12.2. The zero-order valence-electron chi connectivity index (χ0n) is 14.7. The number of methoxy groups -OCH3 is 1. The lowest BCUT2D eigenvalue weighted by Gasteiger charge is -2.30. The van der Waals surface area contributed by atoms with Gasteiger partial charge in [0.25, 0.3) is 0 Å². The minimum atomic E-state index is 0.744. The molecule has 3 heterocycles. The first kappa shape index (κ1) is 15.6. The molecule has 0 saturated carbocycles. The fourth-order valence-corrected chi connectivity index (χ4v) is 3.42. The Kier molecular flexibility index (Phi) is 3.87. The number of hydrogen-bond acceptors (Lipinski definition) is 5. The van der Waals surface area contributed by atoms with Gasteiger partial charge in [-0.3, -0.25) is 0 Å². The summed E-state index contributed by atoms with van der Waals surface area (Å²) < 4.78 is 7.30. The van der Waals surface area contributed by atoms with Gasteiger partial charge in [-0.05, 0) is 50.1 Å². The van der Waals surface area contributed by atoms with Gasteiger partial charge >= 0.3 is 0 Å². The molecule has 0 unspecified atom stereocenters. The lowest BCUT2D eigenvalue weighted by Crippen LogP contribution is -2.31. The van der Waals surface area contributed by atoms with Gasteiger partial charge in [-0.2, -0.15) is 5.10 Å². The molecule has 6 nitrogen and oxygen atoms in total. The van der Waals surface area contributed by atoms with E-state index in [0.717, 1.165) is 48.3 Å². The number of rotatable bonds is 3. The van der Waals surface area contributed by atoms with Gasteiger partial charge in [0.05, 0.1) is 12.8 Å². The summed E-state index contributed by atoms with van der Waals surface area (Å²) in [5, 5.41) is 13.3. The number of anilines is 1. The van der Waals surface area contributed by atoms with Crippen LogP contribution in [0.4, 0.5) is 5.82 Å². The molecule has 0 atom stereocenters. The van der Waals surface area contributed by atoms with E-state index in [-0.39, 0.29) is 0 Å². The molecule has 3 aromatic rings. The molecule has 1 aliphatic rings. The zero-order valence-corrected chi connectivity index (χ0v) is 14.7. The van der Waals surface area contributed by atoms with E-state index >= 15 is 0 Å². The number of fused-ring (bicyclic) bond motifs is 1. The Labute approximate surface area is 147 Å². The smallest absolute Gasteiger partial charge is 0.176 e. The molecule has 6 heteroatoms. The Hall–Kier alpha value is -2.89. The highest BCUT2D eigenvalue weighted by Gasteiger charge is 2.20. The highest BCUT2D eigenvalue weighted by molar-refractivity contribution is 5.48. The molecule has 0 N–H and O–H groups in total. The standard InChI is InChI=1S/C19H21N5O/c1-13-11-14(2)24(22-13)19-8-7-18(20-21-19)23-10-9-16-15(12-23)5-4-6-17(16)25-3/h4-8,11H,9-10,12H2,1-3H3. The summed E-state index contributed by atoms with van der Waals surface area (Å²) in [5.41, 5.74) is 4.62. The number of ether oxygens (including phenoxy) is 1. The molecule has 0 saturated heterocycles. The fourth-order valence-electron chi connectivity index (χ4n) is 3.42. The van der Waals surface area contributed by atoms with Gasteiger partial charge in [-0.1, -0.05) is 12.1 Å². The van der Waals surface area contributed by atoms with Crippen LogP contribution in [-0.4, -0.2) is 33.6 Å². The van der Waals surface area contributed by atoms with Gasteiger partial charge in [-0.15, -0.1) is 10.2 Å². The van der Waals surface area contributed by atoms with Crippen molar-refractivity contribution in [2.45, 2.75) is 26.8 Å². The highest BCUT2D eigenvalue weighted by atomic mass is 16.5. The Morgan fingerprint density at radius 3 is 2.52 bits per heavy atom. The first-order valence-electron chi connectivity index (χ1n) is 8.43. The molecule has 25 heavy (non-hydrogen) atoms. The first-order chi connectivity index (χ1) is 12.2. The fraction of sp³-hybridized carbons (Fsp3) is 0.316. The number of aromatic nitrogens is 4. The van der Waals surface area contributed by atoms with Crippen LogP contribution in [0.1, 0.15) is 22.5 Å². The third-order valence-corrected chi connectivity index (χ3v) is 4.63. The summed E-state index contributed by atoms with van der Waals surface area (Å²) in [6.45, 7) is 5.72. The van der Waals surface area contributed by atoms with Crippen LogP contribution in [0.25, 0.3) is 5.82 Å². The zero-order chi connectivity index (χ0) is 17.4. The van der Waals surface area contributed by atoms with Crippen molar-refractivity contribution in [3.05, 3.63) is 58.9 Å². The van der Waals surface area contributed by atoms with Crippen LogP contribution in [0.2, 0.25) is 0 Å². The molecule has 2 aromatic heterocycles. The average molecular weight is 335 g/mol. The second-order valence-electron chi connectivity index (χ2n) is 6.36. The van der Waals surface area contributed by atoms with E-state index in [9.17, 15) is 0 Å². The van der Waals surface area contributed by atoms with Gasteiger partial charge < -0.3 is 9.64 Å². The van der Waals surface area contributed by atoms with E-state index in [1.807, 2.05) is 48.9 Å². The maximum Gasteiger partial charge on any atom is 0.176 e. The molecular weight excluding hydrogens is 314 g/mol.